The van der Waals surface area contributed by atoms with E-state index in [2.05, 4.69) is 6.92 Å². The van der Waals surface area contributed by atoms with Gasteiger partial charge >= 0.3 is 0 Å². The van der Waals surface area contributed by atoms with Crippen LogP contribution in [-0.4, -0.2) is 34.0 Å². The van der Waals surface area contributed by atoms with Crippen LogP contribution in [0.4, 0.5) is 0 Å². The Morgan fingerprint density at radius 2 is 2.35 bits per heavy atom. The molecule has 4 heteroatoms. The van der Waals surface area contributed by atoms with Crippen molar-refractivity contribution >= 4 is 5.91 Å². The van der Waals surface area contributed by atoms with Crippen molar-refractivity contribution in [2.24, 2.45) is 5.73 Å². The molecule has 1 aromatic rings. The molecule has 2 atom stereocenters. The van der Waals surface area contributed by atoms with Crippen LogP contribution in [-0.2, 0) is 6.54 Å². The van der Waals surface area contributed by atoms with Crippen LogP contribution in [0.15, 0.2) is 18.3 Å². The van der Waals surface area contributed by atoms with Gasteiger partial charge in [-0.25, -0.2) is 0 Å². The van der Waals surface area contributed by atoms with E-state index in [0.717, 1.165) is 31.6 Å². The van der Waals surface area contributed by atoms with Crippen LogP contribution in [0, 0.1) is 0 Å². The summed E-state index contributed by atoms with van der Waals surface area (Å²) in [5.41, 5.74) is 6.71. The number of amides is 1. The first-order valence-electron chi connectivity index (χ1n) is 6.35. The summed E-state index contributed by atoms with van der Waals surface area (Å²) in [6, 6.07) is 4.31. The molecular weight excluding hydrogens is 214 g/mol. The summed E-state index contributed by atoms with van der Waals surface area (Å²) in [4.78, 5) is 14.4. The summed E-state index contributed by atoms with van der Waals surface area (Å²) in [6.07, 6.45) is 3.76. The summed E-state index contributed by atoms with van der Waals surface area (Å²) in [7, 11) is 0. The molecule has 2 heterocycles. The molecule has 2 rings (SSSR count). The van der Waals surface area contributed by atoms with Crippen molar-refractivity contribution < 1.29 is 4.79 Å². The number of aryl methyl sites for hydroxylation is 1. The zero-order valence-electron chi connectivity index (χ0n) is 10.6. The van der Waals surface area contributed by atoms with Crippen LogP contribution in [0.1, 0.15) is 37.2 Å². The summed E-state index contributed by atoms with van der Waals surface area (Å²) in [6.45, 7) is 5.73. The molecule has 1 saturated heterocycles. The number of nitrogens with two attached hydrogens (primary N) is 1. The average molecular weight is 235 g/mol. The van der Waals surface area contributed by atoms with Crippen LogP contribution in [0.3, 0.4) is 0 Å². The van der Waals surface area contributed by atoms with Gasteiger partial charge in [-0.2, -0.15) is 0 Å². The van der Waals surface area contributed by atoms with Gasteiger partial charge < -0.3 is 15.2 Å². The van der Waals surface area contributed by atoms with E-state index >= 15 is 0 Å². The molecule has 0 radical (unpaired) electrons. The van der Waals surface area contributed by atoms with E-state index in [1.165, 1.54) is 0 Å². The molecule has 17 heavy (non-hydrogen) atoms. The van der Waals surface area contributed by atoms with Gasteiger partial charge in [0, 0.05) is 31.4 Å². The third kappa shape index (κ3) is 2.36. The zero-order chi connectivity index (χ0) is 12.4. The molecule has 0 aliphatic carbocycles. The van der Waals surface area contributed by atoms with E-state index in [1.807, 2.05) is 34.7 Å². The van der Waals surface area contributed by atoms with Gasteiger partial charge in [0.2, 0.25) is 0 Å². The lowest BCUT2D eigenvalue weighted by Gasteiger charge is -2.36. The van der Waals surface area contributed by atoms with Gasteiger partial charge in [0.1, 0.15) is 5.69 Å². The molecular formula is C13H21N3O. The minimum atomic E-state index is 0.135. The molecule has 2 unspecified atom stereocenters. The summed E-state index contributed by atoms with van der Waals surface area (Å²) in [5, 5.41) is 0. The van der Waals surface area contributed by atoms with Crippen molar-refractivity contribution in [2.75, 3.05) is 6.54 Å². The van der Waals surface area contributed by atoms with Gasteiger partial charge in [-0.15, -0.1) is 0 Å². The van der Waals surface area contributed by atoms with Crippen molar-refractivity contribution in [3.8, 4) is 0 Å². The minimum Gasteiger partial charge on any atom is -0.344 e. The number of carbonyl (C=O) groups is 1. The summed E-state index contributed by atoms with van der Waals surface area (Å²) in [5.74, 6) is 0.135. The van der Waals surface area contributed by atoms with Gasteiger partial charge in [-0.3, -0.25) is 4.79 Å². The first-order chi connectivity index (χ1) is 8.13. The van der Waals surface area contributed by atoms with Gasteiger partial charge in [0.05, 0.1) is 0 Å². The van der Waals surface area contributed by atoms with Crippen molar-refractivity contribution in [1.82, 2.24) is 9.47 Å². The number of aromatic nitrogens is 1. The van der Waals surface area contributed by atoms with Crippen LogP contribution in [0.5, 0.6) is 0 Å². The van der Waals surface area contributed by atoms with E-state index in [9.17, 15) is 4.79 Å². The largest absolute Gasteiger partial charge is 0.344 e. The highest BCUT2D eigenvalue weighted by atomic mass is 16.2. The molecule has 0 spiro atoms. The molecule has 1 aromatic heterocycles. The normalized spacial score (nSPS) is 25.0. The van der Waals surface area contributed by atoms with E-state index < -0.39 is 0 Å². The fourth-order valence-electron chi connectivity index (χ4n) is 2.54. The van der Waals surface area contributed by atoms with E-state index in [1.54, 1.807) is 0 Å². The summed E-state index contributed by atoms with van der Waals surface area (Å²) < 4.78 is 1.99. The number of piperidine rings is 1. The number of hydrogen-bond donors (Lipinski definition) is 1. The molecule has 1 amide bonds. The van der Waals surface area contributed by atoms with E-state index in [-0.39, 0.29) is 18.0 Å². The lowest BCUT2D eigenvalue weighted by molar-refractivity contribution is 0.0608. The highest BCUT2D eigenvalue weighted by Crippen LogP contribution is 2.19. The Morgan fingerprint density at radius 3 is 3.00 bits per heavy atom. The standard InChI is InChI=1S/C13H21N3O/c1-3-15-7-4-5-12(15)13(17)16-8-6-11(14)9-10(16)2/h4-5,7,10-11H,3,6,8-9,14H2,1-2H3. The first-order valence-corrected chi connectivity index (χ1v) is 6.35. The SMILES string of the molecule is CCn1cccc1C(=O)N1CCC(N)CC1C. The van der Waals surface area contributed by atoms with Gasteiger partial charge in [0.15, 0.2) is 0 Å². The molecule has 2 N–H and O–H groups in total. The highest BCUT2D eigenvalue weighted by Gasteiger charge is 2.28. The second-order valence-corrected chi connectivity index (χ2v) is 4.81. The van der Waals surface area contributed by atoms with Crippen LogP contribution in [0.2, 0.25) is 0 Å². The minimum absolute atomic E-state index is 0.135. The molecule has 0 aromatic carbocycles. The second kappa shape index (κ2) is 4.92. The molecule has 0 saturated carbocycles. The number of hydrogen-bond acceptors (Lipinski definition) is 2. The summed E-state index contributed by atoms with van der Waals surface area (Å²) >= 11 is 0. The zero-order valence-corrected chi connectivity index (χ0v) is 10.6. The lowest BCUT2D eigenvalue weighted by Crippen LogP contribution is -2.48. The first kappa shape index (κ1) is 12.2. The second-order valence-electron chi connectivity index (χ2n) is 4.81. The molecule has 94 valence electrons. The smallest absolute Gasteiger partial charge is 0.270 e. The van der Waals surface area contributed by atoms with Gasteiger partial charge in [0.25, 0.3) is 5.91 Å². The fraction of sp³-hybridized carbons (Fsp3) is 0.615. The van der Waals surface area contributed by atoms with Crippen molar-refractivity contribution in [3.05, 3.63) is 24.0 Å². The Morgan fingerprint density at radius 1 is 1.59 bits per heavy atom. The van der Waals surface area contributed by atoms with Gasteiger partial charge in [-0.1, -0.05) is 0 Å². The van der Waals surface area contributed by atoms with Crippen molar-refractivity contribution in [3.63, 3.8) is 0 Å². The van der Waals surface area contributed by atoms with Crippen molar-refractivity contribution in [1.29, 1.82) is 0 Å². The van der Waals surface area contributed by atoms with Crippen LogP contribution < -0.4 is 5.73 Å². The number of carbonyl (C=O) groups excluding carboxylic acids is 1. The Kier molecular flexibility index (Phi) is 3.52. The van der Waals surface area contributed by atoms with Gasteiger partial charge in [-0.05, 0) is 38.8 Å². The molecule has 1 aliphatic heterocycles. The van der Waals surface area contributed by atoms with Crippen LogP contribution in [0.25, 0.3) is 0 Å². The average Bonchev–Trinajstić information content (AvgIpc) is 2.76. The number of rotatable bonds is 2. The Labute approximate surface area is 102 Å². The van der Waals surface area contributed by atoms with Crippen LogP contribution >= 0.6 is 0 Å². The number of nitrogens with zero attached hydrogens (tertiary/aromatic N) is 2. The molecule has 0 bridgehead atoms. The Bertz CT molecular complexity index is 399. The lowest BCUT2D eigenvalue weighted by atomic mass is 9.99. The topological polar surface area (TPSA) is 51.3 Å². The maximum Gasteiger partial charge on any atom is 0.270 e. The Hall–Kier alpha value is -1.29. The monoisotopic (exact) mass is 235 g/mol. The third-order valence-corrected chi connectivity index (χ3v) is 3.57. The highest BCUT2D eigenvalue weighted by molar-refractivity contribution is 5.93. The quantitative estimate of drug-likeness (QED) is 0.843. The Balaban J connectivity index is 2.15. The third-order valence-electron chi connectivity index (χ3n) is 3.57. The maximum absolute atomic E-state index is 12.4. The molecule has 1 fully saturated rings. The molecule has 1 aliphatic rings. The predicted molar refractivity (Wildman–Crippen MR) is 67.8 cm³/mol. The van der Waals surface area contributed by atoms with E-state index in [0.29, 0.717) is 0 Å². The maximum atomic E-state index is 12.4. The molecule has 4 nitrogen and oxygen atoms in total. The predicted octanol–water partition coefficient (Wildman–Crippen LogP) is 1.46. The van der Waals surface area contributed by atoms with Crippen molar-refractivity contribution in [2.45, 2.75) is 45.3 Å². The van der Waals surface area contributed by atoms with E-state index in [4.69, 9.17) is 5.73 Å². The number of likely N-dealkylation sites (tertiary alicyclic amines) is 1. The fourth-order valence-corrected chi connectivity index (χ4v) is 2.54.